The molecule has 19 heavy (non-hydrogen) atoms. The van der Waals surface area contributed by atoms with Gasteiger partial charge in [-0.3, -0.25) is 0 Å². The van der Waals surface area contributed by atoms with Gasteiger partial charge in [-0.25, -0.2) is 4.39 Å². The van der Waals surface area contributed by atoms with E-state index in [2.05, 4.69) is 15.9 Å². The summed E-state index contributed by atoms with van der Waals surface area (Å²) < 4.78 is 19.9. The van der Waals surface area contributed by atoms with Crippen LogP contribution in [0.5, 0.6) is 5.75 Å². The van der Waals surface area contributed by atoms with E-state index in [1.807, 2.05) is 25.1 Å². The molecule has 2 N–H and O–H groups in total. The third-order valence-corrected chi connectivity index (χ3v) is 3.44. The topological polar surface area (TPSA) is 35.2 Å². The summed E-state index contributed by atoms with van der Waals surface area (Å²) in [5, 5.41) is 0. The molecule has 2 rings (SSSR count). The van der Waals surface area contributed by atoms with Gasteiger partial charge < -0.3 is 10.5 Å². The van der Waals surface area contributed by atoms with Crippen LogP contribution in [0, 0.1) is 5.82 Å². The number of rotatable bonds is 4. The minimum absolute atomic E-state index is 0.0306. The molecule has 2 nitrogen and oxygen atoms in total. The van der Waals surface area contributed by atoms with Crippen LogP contribution >= 0.6 is 15.9 Å². The third kappa shape index (κ3) is 3.55. The van der Waals surface area contributed by atoms with Crippen LogP contribution < -0.4 is 10.5 Å². The van der Waals surface area contributed by atoms with Crippen LogP contribution in [0.25, 0.3) is 0 Å². The Morgan fingerprint density at radius 2 is 2.00 bits per heavy atom. The van der Waals surface area contributed by atoms with Crippen molar-refractivity contribution in [1.82, 2.24) is 0 Å². The maximum absolute atomic E-state index is 13.5. The zero-order chi connectivity index (χ0) is 13.8. The standard InChI is InChI=1S/C15H15BrFNO/c1-10(18)11-6-7-15(13(16)8-11)19-9-12-4-2-3-5-14(12)17/h2-8,10H,9,18H2,1H3/t10-/m1/s1. The van der Waals surface area contributed by atoms with Crippen molar-refractivity contribution in [2.75, 3.05) is 0 Å². The summed E-state index contributed by atoms with van der Waals surface area (Å²) in [6.45, 7) is 2.12. The SMILES string of the molecule is C[C@@H](N)c1ccc(OCc2ccccc2F)c(Br)c1. The molecule has 0 bridgehead atoms. The third-order valence-electron chi connectivity index (χ3n) is 2.82. The first-order valence-electron chi connectivity index (χ1n) is 5.99. The number of hydrogen-bond donors (Lipinski definition) is 1. The molecule has 0 heterocycles. The number of benzene rings is 2. The van der Waals surface area contributed by atoms with E-state index in [1.165, 1.54) is 6.07 Å². The lowest BCUT2D eigenvalue weighted by molar-refractivity contribution is 0.298. The minimum atomic E-state index is -0.258. The highest BCUT2D eigenvalue weighted by molar-refractivity contribution is 9.10. The van der Waals surface area contributed by atoms with Crippen molar-refractivity contribution in [3.8, 4) is 5.75 Å². The van der Waals surface area contributed by atoms with Gasteiger partial charge in [0.2, 0.25) is 0 Å². The molecular weight excluding hydrogens is 309 g/mol. The fraction of sp³-hybridized carbons (Fsp3) is 0.200. The van der Waals surface area contributed by atoms with Crippen LogP contribution in [0.4, 0.5) is 4.39 Å². The van der Waals surface area contributed by atoms with Crippen molar-refractivity contribution < 1.29 is 9.13 Å². The second kappa shape index (κ2) is 6.17. The van der Waals surface area contributed by atoms with Gasteiger partial charge in [0.05, 0.1) is 4.47 Å². The lowest BCUT2D eigenvalue weighted by Gasteiger charge is -2.11. The summed E-state index contributed by atoms with van der Waals surface area (Å²) in [6, 6.07) is 12.2. The van der Waals surface area contributed by atoms with Gasteiger partial charge >= 0.3 is 0 Å². The Hall–Kier alpha value is -1.39. The van der Waals surface area contributed by atoms with Crippen molar-refractivity contribution in [3.05, 3.63) is 63.9 Å². The van der Waals surface area contributed by atoms with Crippen molar-refractivity contribution in [2.24, 2.45) is 5.73 Å². The highest BCUT2D eigenvalue weighted by atomic mass is 79.9. The highest BCUT2D eigenvalue weighted by Crippen LogP contribution is 2.28. The van der Waals surface area contributed by atoms with Crippen molar-refractivity contribution in [1.29, 1.82) is 0 Å². The number of nitrogens with two attached hydrogens (primary N) is 1. The second-order valence-electron chi connectivity index (χ2n) is 4.36. The van der Waals surface area contributed by atoms with Gasteiger partial charge in [-0.05, 0) is 46.6 Å². The van der Waals surface area contributed by atoms with Gasteiger partial charge in [0.25, 0.3) is 0 Å². The maximum Gasteiger partial charge on any atom is 0.134 e. The average molecular weight is 324 g/mol. The van der Waals surface area contributed by atoms with E-state index >= 15 is 0 Å². The fourth-order valence-corrected chi connectivity index (χ4v) is 2.20. The lowest BCUT2D eigenvalue weighted by Crippen LogP contribution is -2.05. The Morgan fingerprint density at radius 1 is 1.26 bits per heavy atom. The van der Waals surface area contributed by atoms with E-state index in [0.717, 1.165) is 10.0 Å². The maximum atomic E-state index is 13.5. The number of hydrogen-bond acceptors (Lipinski definition) is 2. The van der Waals surface area contributed by atoms with Crippen LogP contribution in [0.15, 0.2) is 46.9 Å². The van der Waals surface area contributed by atoms with Crippen LogP contribution in [0.1, 0.15) is 24.1 Å². The first kappa shape index (κ1) is 14.0. The van der Waals surface area contributed by atoms with Crippen LogP contribution in [0.3, 0.4) is 0 Å². The predicted molar refractivity (Wildman–Crippen MR) is 77.5 cm³/mol. The molecule has 2 aromatic carbocycles. The summed E-state index contributed by atoms with van der Waals surface area (Å²) in [5.41, 5.74) is 7.36. The summed E-state index contributed by atoms with van der Waals surface area (Å²) in [7, 11) is 0. The van der Waals surface area contributed by atoms with Crippen LogP contribution in [-0.4, -0.2) is 0 Å². The number of halogens is 2. The van der Waals surface area contributed by atoms with Gasteiger partial charge in [0.1, 0.15) is 18.2 Å². The van der Waals surface area contributed by atoms with Gasteiger partial charge in [-0.15, -0.1) is 0 Å². The molecule has 4 heteroatoms. The Labute approximate surface area is 120 Å². The van der Waals surface area contributed by atoms with E-state index in [-0.39, 0.29) is 18.5 Å². The van der Waals surface area contributed by atoms with Gasteiger partial charge in [0.15, 0.2) is 0 Å². The molecule has 1 atom stereocenters. The van der Waals surface area contributed by atoms with E-state index in [1.54, 1.807) is 18.2 Å². The Bertz CT molecular complexity index is 572. The zero-order valence-electron chi connectivity index (χ0n) is 10.6. The van der Waals surface area contributed by atoms with E-state index in [0.29, 0.717) is 11.3 Å². The molecular formula is C15H15BrFNO. The van der Waals surface area contributed by atoms with Crippen LogP contribution in [0.2, 0.25) is 0 Å². The van der Waals surface area contributed by atoms with E-state index in [9.17, 15) is 4.39 Å². The Balaban J connectivity index is 2.10. The lowest BCUT2D eigenvalue weighted by atomic mass is 10.1. The highest BCUT2D eigenvalue weighted by Gasteiger charge is 2.07. The normalized spacial score (nSPS) is 12.2. The molecule has 0 aliphatic heterocycles. The monoisotopic (exact) mass is 323 g/mol. The van der Waals surface area contributed by atoms with Crippen molar-refractivity contribution >= 4 is 15.9 Å². The smallest absolute Gasteiger partial charge is 0.134 e. The summed E-state index contributed by atoms with van der Waals surface area (Å²) in [4.78, 5) is 0. The van der Waals surface area contributed by atoms with E-state index < -0.39 is 0 Å². The molecule has 0 aliphatic carbocycles. The molecule has 0 radical (unpaired) electrons. The predicted octanol–water partition coefficient (Wildman–Crippen LogP) is 4.19. The Morgan fingerprint density at radius 3 is 2.63 bits per heavy atom. The molecule has 100 valence electrons. The molecule has 0 amide bonds. The van der Waals surface area contributed by atoms with Gasteiger partial charge in [-0.1, -0.05) is 24.3 Å². The van der Waals surface area contributed by atoms with Crippen molar-refractivity contribution in [2.45, 2.75) is 19.6 Å². The van der Waals surface area contributed by atoms with E-state index in [4.69, 9.17) is 10.5 Å². The number of ether oxygens (including phenoxy) is 1. The Kier molecular flexibility index (Phi) is 4.56. The summed E-state index contributed by atoms with van der Waals surface area (Å²) in [5.74, 6) is 0.415. The largest absolute Gasteiger partial charge is 0.488 e. The molecule has 0 aromatic heterocycles. The van der Waals surface area contributed by atoms with Crippen LogP contribution in [-0.2, 0) is 6.61 Å². The molecule has 0 saturated carbocycles. The van der Waals surface area contributed by atoms with Gasteiger partial charge in [0, 0.05) is 11.6 Å². The summed E-state index contributed by atoms with van der Waals surface area (Å²) in [6.07, 6.45) is 0. The molecule has 2 aromatic rings. The molecule has 0 aliphatic rings. The molecule has 0 saturated heterocycles. The quantitative estimate of drug-likeness (QED) is 0.915. The first-order valence-corrected chi connectivity index (χ1v) is 6.78. The average Bonchev–Trinajstić information content (AvgIpc) is 2.39. The van der Waals surface area contributed by atoms with Gasteiger partial charge in [-0.2, -0.15) is 0 Å². The second-order valence-corrected chi connectivity index (χ2v) is 5.21. The molecule has 0 spiro atoms. The zero-order valence-corrected chi connectivity index (χ0v) is 12.2. The van der Waals surface area contributed by atoms with Crippen molar-refractivity contribution in [3.63, 3.8) is 0 Å². The fourth-order valence-electron chi connectivity index (χ4n) is 1.69. The minimum Gasteiger partial charge on any atom is -0.488 e. The molecule has 0 fully saturated rings. The molecule has 0 unspecified atom stereocenters. The summed E-state index contributed by atoms with van der Waals surface area (Å²) >= 11 is 3.43. The first-order chi connectivity index (χ1) is 9.08.